The second-order valence-electron chi connectivity index (χ2n) is 5.19. The monoisotopic (exact) mass is 226 g/mol. The Morgan fingerprint density at radius 2 is 2.19 bits per heavy atom. The minimum Gasteiger partial charge on any atom is -0.382 e. The van der Waals surface area contributed by atoms with E-state index in [9.17, 15) is 0 Å². The summed E-state index contributed by atoms with van der Waals surface area (Å²) in [4.78, 5) is 5.34. The Kier molecular flexibility index (Phi) is 4.62. The Labute approximate surface area is 99.7 Å². The van der Waals surface area contributed by atoms with Gasteiger partial charge < -0.3 is 4.74 Å². The van der Waals surface area contributed by atoms with E-state index in [1.807, 2.05) is 0 Å². The molecule has 2 aliphatic rings. The van der Waals surface area contributed by atoms with Crippen molar-refractivity contribution >= 4 is 0 Å². The number of hydrogen-bond acceptors (Lipinski definition) is 3. The van der Waals surface area contributed by atoms with Crippen LogP contribution < -0.4 is 0 Å². The predicted molar refractivity (Wildman–Crippen MR) is 66.7 cm³/mol. The van der Waals surface area contributed by atoms with E-state index in [4.69, 9.17) is 4.74 Å². The highest BCUT2D eigenvalue weighted by Crippen LogP contribution is 2.24. The Bertz CT molecular complexity index is 210. The lowest BCUT2D eigenvalue weighted by Gasteiger charge is -2.42. The standard InChI is InChI=1S/C13H26N2O/c1-3-16-9-5-8-14-11-13-6-4-7-15(13)10-12(14)2/h12-13H,3-11H2,1-2H3. The molecule has 16 heavy (non-hydrogen) atoms. The van der Waals surface area contributed by atoms with Crippen molar-refractivity contribution in [3.63, 3.8) is 0 Å². The molecule has 0 saturated carbocycles. The summed E-state index contributed by atoms with van der Waals surface area (Å²) in [6, 6.07) is 1.58. The summed E-state index contributed by atoms with van der Waals surface area (Å²) < 4.78 is 5.41. The van der Waals surface area contributed by atoms with Gasteiger partial charge in [0, 0.05) is 44.9 Å². The fourth-order valence-electron chi connectivity index (χ4n) is 3.07. The van der Waals surface area contributed by atoms with E-state index in [2.05, 4.69) is 23.6 Å². The van der Waals surface area contributed by atoms with Gasteiger partial charge in [-0.15, -0.1) is 0 Å². The van der Waals surface area contributed by atoms with E-state index < -0.39 is 0 Å². The van der Waals surface area contributed by atoms with Gasteiger partial charge in [0.05, 0.1) is 0 Å². The average Bonchev–Trinajstić information content (AvgIpc) is 2.71. The highest BCUT2D eigenvalue weighted by Gasteiger charge is 2.33. The molecule has 2 aliphatic heterocycles. The van der Waals surface area contributed by atoms with E-state index in [-0.39, 0.29) is 0 Å². The van der Waals surface area contributed by atoms with Gasteiger partial charge in [0.1, 0.15) is 0 Å². The molecule has 0 spiro atoms. The highest BCUT2D eigenvalue weighted by molar-refractivity contribution is 4.90. The Morgan fingerprint density at radius 1 is 1.31 bits per heavy atom. The fourth-order valence-corrected chi connectivity index (χ4v) is 3.07. The van der Waals surface area contributed by atoms with Crippen LogP contribution in [0.25, 0.3) is 0 Å². The molecule has 2 saturated heterocycles. The fraction of sp³-hybridized carbons (Fsp3) is 1.00. The molecule has 0 amide bonds. The lowest BCUT2D eigenvalue weighted by molar-refractivity contribution is 0.0496. The first kappa shape index (κ1) is 12.3. The van der Waals surface area contributed by atoms with Crippen LogP contribution in [-0.2, 0) is 4.74 Å². The summed E-state index contributed by atoms with van der Waals surface area (Å²) >= 11 is 0. The Balaban J connectivity index is 1.72. The van der Waals surface area contributed by atoms with Crippen molar-refractivity contribution in [3.8, 4) is 0 Å². The zero-order valence-electron chi connectivity index (χ0n) is 10.8. The maximum Gasteiger partial charge on any atom is 0.0478 e. The highest BCUT2D eigenvalue weighted by atomic mass is 16.5. The Hall–Kier alpha value is -0.120. The number of nitrogens with zero attached hydrogens (tertiary/aromatic N) is 2. The molecule has 0 aliphatic carbocycles. The van der Waals surface area contributed by atoms with Crippen LogP contribution in [0.4, 0.5) is 0 Å². The largest absolute Gasteiger partial charge is 0.382 e. The van der Waals surface area contributed by atoms with Crippen molar-refractivity contribution < 1.29 is 4.74 Å². The van der Waals surface area contributed by atoms with E-state index in [1.165, 1.54) is 45.4 Å². The summed E-state index contributed by atoms with van der Waals surface area (Å²) in [6.45, 7) is 11.3. The summed E-state index contributed by atoms with van der Waals surface area (Å²) in [7, 11) is 0. The van der Waals surface area contributed by atoms with Crippen molar-refractivity contribution in [1.29, 1.82) is 0 Å². The molecule has 0 N–H and O–H groups in total. The average molecular weight is 226 g/mol. The van der Waals surface area contributed by atoms with Gasteiger partial charge >= 0.3 is 0 Å². The predicted octanol–water partition coefficient (Wildman–Crippen LogP) is 1.58. The van der Waals surface area contributed by atoms with Crippen LogP contribution in [0.5, 0.6) is 0 Å². The third kappa shape index (κ3) is 2.96. The van der Waals surface area contributed by atoms with Crippen LogP contribution in [0.15, 0.2) is 0 Å². The van der Waals surface area contributed by atoms with Gasteiger partial charge in [0.15, 0.2) is 0 Å². The third-order valence-electron chi connectivity index (χ3n) is 4.00. The summed E-state index contributed by atoms with van der Waals surface area (Å²) in [5.41, 5.74) is 0. The second kappa shape index (κ2) is 5.99. The molecule has 2 unspecified atom stereocenters. The van der Waals surface area contributed by atoms with Crippen molar-refractivity contribution in [2.24, 2.45) is 0 Å². The number of hydrogen-bond donors (Lipinski definition) is 0. The molecule has 2 heterocycles. The third-order valence-corrected chi connectivity index (χ3v) is 4.00. The lowest BCUT2D eigenvalue weighted by Crippen LogP contribution is -2.55. The molecule has 2 rings (SSSR count). The first-order valence-electron chi connectivity index (χ1n) is 6.87. The van der Waals surface area contributed by atoms with E-state index >= 15 is 0 Å². The van der Waals surface area contributed by atoms with Crippen LogP contribution in [0, 0.1) is 0 Å². The molecule has 94 valence electrons. The molecule has 0 aromatic rings. The van der Waals surface area contributed by atoms with Crippen molar-refractivity contribution in [1.82, 2.24) is 9.80 Å². The van der Waals surface area contributed by atoms with Gasteiger partial charge in [-0.1, -0.05) is 0 Å². The Morgan fingerprint density at radius 3 is 3.00 bits per heavy atom. The quantitative estimate of drug-likeness (QED) is 0.662. The van der Waals surface area contributed by atoms with Crippen LogP contribution in [0.1, 0.15) is 33.1 Å². The molecular weight excluding hydrogens is 200 g/mol. The second-order valence-corrected chi connectivity index (χ2v) is 5.19. The van der Waals surface area contributed by atoms with Gasteiger partial charge in [-0.05, 0) is 39.7 Å². The SMILES string of the molecule is CCOCCCN1CC2CCCN2CC1C. The minimum atomic E-state index is 0.732. The topological polar surface area (TPSA) is 15.7 Å². The number of rotatable bonds is 5. The molecule has 2 fully saturated rings. The molecule has 0 aromatic carbocycles. The zero-order valence-corrected chi connectivity index (χ0v) is 10.8. The van der Waals surface area contributed by atoms with Gasteiger partial charge in [0.25, 0.3) is 0 Å². The lowest BCUT2D eigenvalue weighted by atomic mass is 10.1. The van der Waals surface area contributed by atoms with Gasteiger partial charge in [-0.3, -0.25) is 9.80 Å². The van der Waals surface area contributed by atoms with Crippen molar-refractivity contribution in [2.75, 3.05) is 39.4 Å². The zero-order chi connectivity index (χ0) is 11.4. The molecular formula is C13H26N2O. The summed E-state index contributed by atoms with van der Waals surface area (Å²) in [6.07, 6.45) is 4.00. The van der Waals surface area contributed by atoms with Gasteiger partial charge in [0.2, 0.25) is 0 Å². The molecule has 0 bridgehead atoms. The van der Waals surface area contributed by atoms with Crippen molar-refractivity contribution in [2.45, 2.75) is 45.2 Å². The minimum absolute atomic E-state index is 0.732. The summed E-state index contributed by atoms with van der Waals surface area (Å²) in [5, 5.41) is 0. The van der Waals surface area contributed by atoms with E-state index in [1.54, 1.807) is 0 Å². The van der Waals surface area contributed by atoms with E-state index in [0.29, 0.717) is 0 Å². The number of piperazine rings is 1. The number of fused-ring (bicyclic) bond motifs is 1. The maximum atomic E-state index is 5.41. The first-order chi connectivity index (χ1) is 7.81. The van der Waals surface area contributed by atoms with Gasteiger partial charge in [-0.2, -0.15) is 0 Å². The molecule has 0 aromatic heterocycles. The van der Waals surface area contributed by atoms with Crippen LogP contribution >= 0.6 is 0 Å². The normalized spacial score (nSPS) is 31.9. The van der Waals surface area contributed by atoms with Gasteiger partial charge in [-0.25, -0.2) is 0 Å². The van der Waals surface area contributed by atoms with Crippen molar-refractivity contribution in [3.05, 3.63) is 0 Å². The van der Waals surface area contributed by atoms with Crippen LogP contribution in [0.2, 0.25) is 0 Å². The molecule has 3 heteroatoms. The maximum absolute atomic E-state index is 5.41. The van der Waals surface area contributed by atoms with Crippen LogP contribution in [0.3, 0.4) is 0 Å². The molecule has 2 atom stereocenters. The summed E-state index contributed by atoms with van der Waals surface area (Å²) in [5.74, 6) is 0. The molecule has 3 nitrogen and oxygen atoms in total. The first-order valence-corrected chi connectivity index (χ1v) is 6.87. The van der Waals surface area contributed by atoms with Crippen LogP contribution in [-0.4, -0.2) is 61.3 Å². The number of ether oxygens (including phenoxy) is 1. The molecule has 0 radical (unpaired) electrons. The van der Waals surface area contributed by atoms with E-state index in [0.717, 1.165) is 25.3 Å². The smallest absolute Gasteiger partial charge is 0.0478 e.